The summed E-state index contributed by atoms with van der Waals surface area (Å²) < 4.78 is 5.48. The van der Waals surface area contributed by atoms with E-state index in [1.54, 1.807) is 10.3 Å². The van der Waals surface area contributed by atoms with E-state index >= 15 is 0 Å². The second-order valence-electron chi connectivity index (χ2n) is 4.96. The van der Waals surface area contributed by atoms with Crippen LogP contribution in [-0.2, 0) is 0 Å². The molecule has 118 valence electrons. The maximum atomic E-state index is 6.19. The van der Waals surface area contributed by atoms with E-state index in [9.17, 15) is 0 Å². The second kappa shape index (κ2) is 7.75. The number of piperazine rings is 1. The van der Waals surface area contributed by atoms with Gasteiger partial charge in [0.05, 0.1) is 10.7 Å². The number of para-hydroxylation sites is 1. The highest BCUT2D eigenvalue weighted by Crippen LogP contribution is 2.24. The van der Waals surface area contributed by atoms with Crippen LogP contribution in [-0.4, -0.2) is 47.9 Å². The molecule has 1 saturated heterocycles. The molecule has 3 rings (SSSR count). The monoisotopic (exact) mass is 374 g/mol. The summed E-state index contributed by atoms with van der Waals surface area (Å²) in [6.45, 7) is 4.89. The van der Waals surface area contributed by atoms with Crippen molar-refractivity contribution in [2.45, 2.75) is 0 Å². The summed E-state index contributed by atoms with van der Waals surface area (Å²) in [7, 11) is 3.06. The largest absolute Gasteiger partial charge is 0.351 e. The zero-order valence-corrected chi connectivity index (χ0v) is 15.1. The van der Waals surface area contributed by atoms with Crippen molar-refractivity contribution >= 4 is 55.6 Å². The van der Waals surface area contributed by atoms with Crippen LogP contribution in [0.2, 0.25) is 5.02 Å². The van der Waals surface area contributed by atoms with Gasteiger partial charge >= 0.3 is 0 Å². The van der Waals surface area contributed by atoms with E-state index in [2.05, 4.69) is 19.2 Å². The third-order valence-electron chi connectivity index (χ3n) is 3.58. The normalized spacial score (nSPS) is 17.2. The van der Waals surface area contributed by atoms with Gasteiger partial charge in [0.15, 0.2) is 10.5 Å². The number of alkyl halides is 1. The van der Waals surface area contributed by atoms with Crippen LogP contribution < -0.4 is 9.57 Å². The van der Waals surface area contributed by atoms with Crippen LogP contribution in [0.4, 0.5) is 11.5 Å². The average molecular weight is 375 g/mol. The van der Waals surface area contributed by atoms with E-state index in [4.69, 9.17) is 23.2 Å². The summed E-state index contributed by atoms with van der Waals surface area (Å²) in [6, 6.07) is 7.64. The molecule has 0 saturated carbocycles. The van der Waals surface area contributed by atoms with Crippen LogP contribution in [0.5, 0.6) is 0 Å². The molecule has 0 N–H and O–H groups in total. The van der Waals surface area contributed by atoms with Crippen LogP contribution in [0.1, 0.15) is 0 Å². The molecular formula is C14H16Cl2N4S2. The van der Waals surface area contributed by atoms with Crippen LogP contribution in [0.3, 0.4) is 0 Å². The van der Waals surface area contributed by atoms with Crippen LogP contribution in [0.25, 0.3) is 0 Å². The third-order valence-corrected chi connectivity index (χ3v) is 5.74. The van der Waals surface area contributed by atoms with Gasteiger partial charge in [-0.1, -0.05) is 23.7 Å². The van der Waals surface area contributed by atoms with Crippen molar-refractivity contribution in [1.29, 1.82) is 0 Å². The Balaban J connectivity index is 1.80. The Kier molecular flexibility index (Phi) is 5.71. The molecule has 0 aliphatic carbocycles. The van der Waals surface area contributed by atoms with E-state index < -0.39 is 0 Å². The van der Waals surface area contributed by atoms with E-state index in [1.807, 2.05) is 24.3 Å². The van der Waals surface area contributed by atoms with Gasteiger partial charge in [-0.15, -0.1) is 11.6 Å². The Bertz CT molecular complexity index is 677. The third kappa shape index (κ3) is 3.81. The first-order valence-electron chi connectivity index (χ1n) is 7.06. The smallest absolute Gasteiger partial charge is 0.179 e. The lowest BCUT2D eigenvalue weighted by Gasteiger charge is -2.34. The van der Waals surface area contributed by atoms with Crippen LogP contribution >= 0.6 is 44.1 Å². The molecule has 2 aromatic rings. The fraction of sp³-hybridized carbons (Fsp3) is 0.429. The van der Waals surface area contributed by atoms with E-state index in [0.717, 1.165) is 48.9 Å². The number of anilines is 1. The molecule has 1 fully saturated rings. The maximum absolute atomic E-state index is 6.19. The summed E-state index contributed by atoms with van der Waals surface area (Å²) in [5.41, 5.74) is 0.794. The van der Waals surface area contributed by atoms with Gasteiger partial charge in [0.2, 0.25) is 0 Å². The SMILES string of the molecule is ClCCN1CCN(c2nssc2=Nc2ccccc2Cl)CC1. The fourth-order valence-electron chi connectivity index (χ4n) is 2.38. The summed E-state index contributed by atoms with van der Waals surface area (Å²) in [5.74, 6) is 1.66. The first-order valence-corrected chi connectivity index (χ1v) is 10.1. The van der Waals surface area contributed by atoms with Crippen molar-refractivity contribution in [3.8, 4) is 0 Å². The molecule has 0 amide bonds. The zero-order chi connectivity index (χ0) is 15.4. The number of benzene rings is 1. The molecule has 1 aliphatic rings. The molecular weight excluding hydrogens is 359 g/mol. The molecule has 0 unspecified atom stereocenters. The molecule has 0 spiro atoms. The van der Waals surface area contributed by atoms with Crippen LogP contribution in [0, 0.1) is 0 Å². The van der Waals surface area contributed by atoms with Crippen molar-refractivity contribution in [1.82, 2.24) is 9.27 Å². The van der Waals surface area contributed by atoms with Crippen molar-refractivity contribution in [2.24, 2.45) is 4.99 Å². The summed E-state index contributed by atoms with van der Waals surface area (Å²) in [5, 5.41) is 0.666. The molecule has 1 aromatic heterocycles. The summed E-state index contributed by atoms with van der Waals surface area (Å²) in [4.78, 5) is 9.37. The number of hydrogen-bond acceptors (Lipinski definition) is 6. The highest BCUT2D eigenvalue weighted by atomic mass is 35.5. The van der Waals surface area contributed by atoms with Crippen molar-refractivity contribution < 1.29 is 0 Å². The predicted octanol–water partition coefficient (Wildman–Crippen LogP) is 3.45. The number of rotatable bonds is 4. The van der Waals surface area contributed by atoms with Crippen molar-refractivity contribution in [3.63, 3.8) is 0 Å². The van der Waals surface area contributed by atoms with Gasteiger partial charge in [-0.25, -0.2) is 4.99 Å². The Labute approximate surface area is 147 Å². The van der Waals surface area contributed by atoms with Crippen LogP contribution in [0.15, 0.2) is 29.3 Å². The van der Waals surface area contributed by atoms with Gasteiger partial charge in [-0.2, -0.15) is 4.37 Å². The van der Waals surface area contributed by atoms with E-state index in [1.165, 1.54) is 10.5 Å². The number of nitrogens with zero attached hydrogens (tertiary/aromatic N) is 4. The summed E-state index contributed by atoms with van der Waals surface area (Å²) >= 11 is 12.0. The lowest BCUT2D eigenvalue weighted by Crippen LogP contribution is -2.48. The molecule has 22 heavy (non-hydrogen) atoms. The van der Waals surface area contributed by atoms with Gasteiger partial charge in [0.25, 0.3) is 0 Å². The van der Waals surface area contributed by atoms with Crippen molar-refractivity contribution in [2.75, 3.05) is 43.5 Å². The molecule has 2 heterocycles. The highest BCUT2D eigenvalue weighted by molar-refractivity contribution is 7.66. The van der Waals surface area contributed by atoms with Crippen molar-refractivity contribution in [3.05, 3.63) is 34.0 Å². The first-order chi connectivity index (χ1) is 10.8. The Morgan fingerprint density at radius 1 is 1.18 bits per heavy atom. The number of halogens is 2. The van der Waals surface area contributed by atoms with Gasteiger partial charge in [-0.3, -0.25) is 4.90 Å². The standard InChI is InChI=1S/C14H16Cl2N4S2/c15-5-6-19-7-9-20(10-8-19)13-14(21-22-18-13)17-12-4-2-1-3-11(12)16/h1-4H,5-10H2. The molecule has 8 heteroatoms. The fourth-order valence-corrected chi connectivity index (χ4v) is 4.49. The topological polar surface area (TPSA) is 31.7 Å². The molecule has 0 atom stereocenters. The van der Waals surface area contributed by atoms with Gasteiger partial charge in [0.1, 0.15) is 0 Å². The zero-order valence-electron chi connectivity index (χ0n) is 11.9. The van der Waals surface area contributed by atoms with E-state index in [-0.39, 0.29) is 0 Å². The Hall–Kier alpha value is -0.660. The lowest BCUT2D eigenvalue weighted by molar-refractivity contribution is 0.272. The maximum Gasteiger partial charge on any atom is 0.179 e. The molecule has 1 aliphatic heterocycles. The second-order valence-corrected chi connectivity index (χ2v) is 7.58. The Morgan fingerprint density at radius 2 is 1.95 bits per heavy atom. The lowest BCUT2D eigenvalue weighted by atomic mass is 10.3. The molecule has 1 aromatic carbocycles. The quantitative estimate of drug-likeness (QED) is 0.606. The molecule has 0 bridgehead atoms. The first kappa shape index (κ1) is 16.2. The highest BCUT2D eigenvalue weighted by Gasteiger charge is 2.19. The minimum Gasteiger partial charge on any atom is -0.351 e. The van der Waals surface area contributed by atoms with Gasteiger partial charge < -0.3 is 4.90 Å². The summed E-state index contributed by atoms with van der Waals surface area (Å²) in [6.07, 6.45) is 0. The minimum atomic E-state index is 0.666. The minimum absolute atomic E-state index is 0.666. The van der Waals surface area contributed by atoms with Gasteiger partial charge in [0, 0.05) is 49.1 Å². The average Bonchev–Trinajstić information content (AvgIpc) is 2.99. The molecule has 4 nitrogen and oxygen atoms in total. The number of aromatic nitrogens is 1. The van der Waals surface area contributed by atoms with E-state index in [0.29, 0.717) is 10.9 Å². The predicted molar refractivity (Wildman–Crippen MR) is 96.0 cm³/mol. The van der Waals surface area contributed by atoms with Gasteiger partial charge in [-0.05, 0) is 22.5 Å². The Morgan fingerprint density at radius 3 is 2.68 bits per heavy atom. The molecule has 0 radical (unpaired) electrons. The number of hydrogen-bond donors (Lipinski definition) is 0.